The van der Waals surface area contributed by atoms with Crippen LogP contribution in [0.15, 0.2) is 35.5 Å². The summed E-state index contributed by atoms with van der Waals surface area (Å²) in [6.07, 6.45) is 50.1. The van der Waals surface area contributed by atoms with Crippen LogP contribution in [-0.4, -0.2) is 0 Å². The molecule has 12 unspecified atom stereocenters. The molecule has 4 fully saturated rings. The molecule has 4 rings (SSSR count). The largest absolute Gasteiger partial charge is 0.344 e. The molecule has 0 aromatic carbocycles. The molecular weight excluding hydrogens is 2300 g/mol. The fourth-order valence-corrected chi connectivity index (χ4v) is 15.6. The maximum Gasteiger partial charge on any atom is 0 e. The predicted octanol–water partition coefficient (Wildman–Crippen LogP) is 46.7. The van der Waals surface area contributed by atoms with Gasteiger partial charge in [0.25, 0.3) is 0 Å². The molecule has 0 spiro atoms. The van der Waals surface area contributed by atoms with E-state index in [-0.39, 0.29) is 278 Å². The molecule has 0 N–H and O–H groups in total. The minimum atomic E-state index is 0. The minimum absolute atomic E-state index is 0. The maximum atomic E-state index is 4.35. The van der Waals surface area contributed by atoms with Gasteiger partial charge in [-0.2, -0.15) is 126 Å². The molecule has 0 nitrogen and oxygen atoms in total. The summed E-state index contributed by atoms with van der Waals surface area (Å²) in [6, 6.07) is 0. The summed E-state index contributed by atoms with van der Waals surface area (Å²) in [5, 5.41) is 0. The SMILES string of the molecule is CC.CC.CC.CC.CC.CC.CC.CC.[CH2-]C(C1CC1C[CH-]C(C)(C)C)C(C)(C)C.[CH2-]C(CC1CC1[CH-]C(C)(C)C)C(C)(C)C.[CH2-]C1CC1(CC[CH-]C(C)(C)C)C(C)(C)C.[CH2-]C=C(CC[CH-]C(C)(C)C)C(C)(C)C.[CH2-]CC(=CC[CH-]C(C)(C)C)C(C)(C)C.[CH2-]CC(C=C[CH-]C(C)(C)C)C(C)(C)C.[CH2-]CC(CC[CH-]C(C)(C)C)C(C)(C)C.[CH2-]CC1(C(C)(C)C)CC1C[CH-]C(C)(C)C.[Y].[Y].[Y].[Y].[Y].[Y].[Y].[Y]. The van der Waals surface area contributed by atoms with Crippen molar-refractivity contribution in [2.45, 2.75) is 559 Å². The van der Waals surface area contributed by atoms with Crippen LogP contribution >= 0.6 is 0 Å². The topological polar surface area (TPSA) is 0 Å². The van der Waals surface area contributed by atoms with Gasteiger partial charge in [-0.05, 0) is 33.5 Å². The van der Waals surface area contributed by atoms with Crippen molar-refractivity contribution in [3.05, 3.63) is 142 Å². The Labute approximate surface area is 1100 Å². The molecule has 8 radical (unpaired) electrons. The molecular formula is C132H266Y8-16. The Bertz CT molecular complexity index is 2650. The van der Waals surface area contributed by atoms with Gasteiger partial charge in [0.2, 0.25) is 0 Å². The van der Waals surface area contributed by atoms with Crippen LogP contribution in [0.2, 0.25) is 0 Å². The molecule has 4 aliphatic rings. The zero-order chi connectivity index (χ0) is 109. The average molecular weight is 2560 g/mol. The third-order valence-corrected chi connectivity index (χ3v) is 25.3. The van der Waals surface area contributed by atoms with Gasteiger partial charge in [0, 0.05) is 262 Å². The van der Waals surface area contributed by atoms with E-state index in [1.807, 2.05) is 117 Å². The van der Waals surface area contributed by atoms with E-state index in [0.717, 1.165) is 80.5 Å². The van der Waals surface area contributed by atoms with Gasteiger partial charge in [0.05, 0.1) is 0 Å². The molecule has 0 bridgehead atoms. The first-order chi connectivity index (χ1) is 59.1. The Morgan fingerprint density at radius 2 is 0.721 bits per heavy atom. The smallest absolute Gasteiger partial charge is 0 e. The second-order valence-corrected chi connectivity index (χ2v) is 54.5. The summed E-state index contributed by atoms with van der Waals surface area (Å²) in [7, 11) is 0. The standard InChI is InChI=1S/4C15H28.C14H28.3C14H26.8C2H6.8Y/c1-11(15(5,6)7)8-12-9-13(12)10-14(2,3)4;1-11(15(5,6)7)13-10-12(13)8-9-14(2,3)4;1-12-11-15(12,14(5,6)7)10-8-9-13(2,3)4;1-8-15(14(5,6)7)11-12(15)9-10-13(2,3)4;4*1-8-12(14(5,6)7)10-9-11-13(2,3)4;8*1-2;;;;;;;;/h10-13H,1,8-9H2,2-7H3;9,11-13H,1,8,10H2,2-7H3;9,12H,1,8,10-11H2,2-7H3;10,12H,1,8-9,11H2,2-7H3;11-12H,1,8-10H2,2-7H3;10-11H,1,8-9H2,2-7H3;9-12H,1,8H2,2-7H3;8,11H,1,9-10H2,2-7H3;8*1-2H3;;;;;;;;/q8*-2;;;;;;;;;;;;;;;;. The Balaban J connectivity index is -0.0000000634. The Kier molecular flexibility index (Phi) is 132. The van der Waals surface area contributed by atoms with Crippen LogP contribution in [0.1, 0.15) is 559 Å². The van der Waals surface area contributed by atoms with Crippen molar-refractivity contribution in [2.75, 3.05) is 0 Å². The summed E-state index contributed by atoms with van der Waals surface area (Å²) in [6.45, 7) is 175. The van der Waals surface area contributed by atoms with Gasteiger partial charge < -0.3 is 93.4 Å². The molecule has 834 valence electrons. The van der Waals surface area contributed by atoms with E-state index in [0.29, 0.717) is 105 Å². The van der Waals surface area contributed by atoms with Gasteiger partial charge in [-0.1, -0.05) is 544 Å². The van der Waals surface area contributed by atoms with Crippen LogP contribution < -0.4 is 0 Å². The number of rotatable bonds is 25. The van der Waals surface area contributed by atoms with Crippen molar-refractivity contribution in [3.63, 3.8) is 0 Å². The third kappa shape index (κ3) is 114. The van der Waals surface area contributed by atoms with Crippen molar-refractivity contribution in [3.8, 4) is 0 Å². The molecule has 4 aliphatic carbocycles. The zero-order valence-electron chi connectivity index (χ0n) is 110. The fraction of sp³-hybridized carbons (Fsp3) is 0.833. The molecule has 0 aromatic heterocycles. The molecule has 0 aromatic rings. The Morgan fingerprint density at radius 1 is 0.371 bits per heavy atom. The van der Waals surface area contributed by atoms with Gasteiger partial charge >= 0.3 is 0 Å². The second-order valence-electron chi connectivity index (χ2n) is 54.5. The summed E-state index contributed by atoms with van der Waals surface area (Å²) < 4.78 is 0. The average Bonchev–Trinajstić information content (AvgIpc) is 1.57. The van der Waals surface area contributed by atoms with E-state index in [9.17, 15) is 0 Å². The van der Waals surface area contributed by atoms with E-state index in [2.05, 4.69) is 457 Å². The normalized spacial score (nSPS) is 19.4. The minimum Gasteiger partial charge on any atom is -0.344 e. The van der Waals surface area contributed by atoms with Crippen LogP contribution in [0.25, 0.3) is 0 Å². The quantitative estimate of drug-likeness (QED) is 0.0631. The summed E-state index contributed by atoms with van der Waals surface area (Å²) in [5.41, 5.74) is 9.63. The number of allylic oxidation sites excluding steroid dienone is 6. The molecule has 12 atom stereocenters. The van der Waals surface area contributed by atoms with Crippen molar-refractivity contribution in [1.82, 2.24) is 0 Å². The van der Waals surface area contributed by atoms with Crippen LogP contribution in [0.3, 0.4) is 0 Å². The number of hydrogen-bond donors (Lipinski definition) is 0. The summed E-state index contributed by atoms with van der Waals surface area (Å²) >= 11 is 0. The molecule has 8 heteroatoms. The van der Waals surface area contributed by atoms with Crippen molar-refractivity contribution in [2.24, 2.45) is 157 Å². The third-order valence-electron chi connectivity index (χ3n) is 25.3. The van der Waals surface area contributed by atoms with E-state index in [1.165, 1.54) is 81.8 Å². The van der Waals surface area contributed by atoms with Crippen molar-refractivity contribution in [1.29, 1.82) is 0 Å². The van der Waals surface area contributed by atoms with Crippen LogP contribution in [-0.2, 0) is 262 Å². The predicted molar refractivity (Wildman–Crippen MR) is 627 cm³/mol. The van der Waals surface area contributed by atoms with Crippen LogP contribution in [0.5, 0.6) is 0 Å². The molecule has 0 aliphatic heterocycles. The first kappa shape index (κ1) is 195. The molecule has 0 heterocycles. The molecule has 4 saturated carbocycles. The van der Waals surface area contributed by atoms with Gasteiger partial charge in [-0.3, -0.25) is 0 Å². The van der Waals surface area contributed by atoms with Gasteiger partial charge in [0.15, 0.2) is 0 Å². The van der Waals surface area contributed by atoms with Crippen molar-refractivity contribution >= 4 is 0 Å². The first-order valence-corrected chi connectivity index (χ1v) is 55.4. The molecule has 140 heavy (non-hydrogen) atoms. The Morgan fingerprint density at radius 3 is 0.979 bits per heavy atom. The van der Waals surface area contributed by atoms with Gasteiger partial charge in [-0.15, -0.1) is 24.0 Å². The fourth-order valence-electron chi connectivity index (χ4n) is 15.6. The zero-order valence-corrected chi connectivity index (χ0v) is 132. The number of hydrogen-bond acceptors (Lipinski definition) is 0. The molecule has 0 amide bonds. The van der Waals surface area contributed by atoms with Crippen LogP contribution in [0, 0.1) is 263 Å². The first-order valence-electron chi connectivity index (χ1n) is 55.4. The van der Waals surface area contributed by atoms with Crippen molar-refractivity contribution < 1.29 is 262 Å². The monoisotopic (exact) mass is 2560 g/mol. The van der Waals surface area contributed by atoms with Crippen LogP contribution in [0.4, 0.5) is 0 Å². The summed E-state index contributed by atoms with van der Waals surface area (Å²) in [5.74, 6) is 7.70. The maximum absolute atomic E-state index is 4.35. The summed E-state index contributed by atoms with van der Waals surface area (Å²) in [4.78, 5) is 0. The van der Waals surface area contributed by atoms with Gasteiger partial charge in [0.1, 0.15) is 0 Å². The van der Waals surface area contributed by atoms with Gasteiger partial charge in [-0.25, -0.2) is 37.1 Å². The van der Waals surface area contributed by atoms with E-state index in [1.54, 1.807) is 0 Å². The van der Waals surface area contributed by atoms with E-state index in [4.69, 9.17) is 0 Å². The van der Waals surface area contributed by atoms with E-state index < -0.39 is 0 Å². The molecule has 0 saturated heterocycles. The second kappa shape index (κ2) is 94.4. The Hall–Kier alpha value is 7.79. The van der Waals surface area contributed by atoms with E-state index >= 15 is 0 Å².